The summed E-state index contributed by atoms with van der Waals surface area (Å²) in [5.41, 5.74) is 0.873. The largest absolute Gasteiger partial charge is 0.366 e. The highest BCUT2D eigenvalue weighted by atomic mass is 79.9. The average molecular weight is 343 g/mol. The summed E-state index contributed by atoms with van der Waals surface area (Å²) in [5.74, 6) is 0. The van der Waals surface area contributed by atoms with Gasteiger partial charge < -0.3 is 10.2 Å². The average Bonchev–Trinajstić information content (AvgIpc) is 2.39. The van der Waals surface area contributed by atoms with Crippen LogP contribution in [0.25, 0.3) is 0 Å². The second kappa shape index (κ2) is 6.72. The highest BCUT2D eigenvalue weighted by Crippen LogP contribution is 2.23. The van der Waals surface area contributed by atoms with Crippen molar-refractivity contribution in [1.82, 2.24) is 15.1 Å². The summed E-state index contributed by atoms with van der Waals surface area (Å²) in [7, 11) is 0. The molecule has 2 unspecified atom stereocenters. The number of hydrogen-bond acceptors (Lipinski definition) is 4. The van der Waals surface area contributed by atoms with E-state index in [1.807, 2.05) is 6.20 Å². The van der Waals surface area contributed by atoms with Crippen molar-refractivity contribution in [3.8, 4) is 0 Å². The second-order valence-electron chi connectivity index (χ2n) is 5.60. The van der Waals surface area contributed by atoms with Gasteiger partial charge in [0.1, 0.15) is 4.47 Å². The molecule has 0 aliphatic carbocycles. The molecule has 2 rings (SSSR count). The Kier molecular flexibility index (Phi) is 5.21. The topological polar surface area (TPSA) is 50.2 Å². The lowest BCUT2D eigenvalue weighted by atomic mass is 10.1. The summed E-state index contributed by atoms with van der Waals surface area (Å²) in [5, 5.41) is 7.81. The van der Waals surface area contributed by atoms with Crippen LogP contribution in [-0.2, 0) is 6.54 Å². The Morgan fingerprint density at radius 2 is 2.05 bits per heavy atom. The summed E-state index contributed by atoms with van der Waals surface area (Å²) in [4.78, 5) is 14.5. The van der Waals surface area contributed by atoms with E-state index < -0.39 is 0 Å². The highest BCUT2D eigenvalue weighted by molar-refractivity contribution is 9.10. The first-order chi connectivity index (χ1) is 9.52. The van der Waals surface area contributed by atoms with E-state index >= 15 is 0 Å². The highest BCUT2D eigenvalue weighted by Gasteiger charge is 2.24. The minimum Gasteiger partial charge on any atom is -0.366 e. The molecule has 1 fully saturated rings. The molecule has 112 valence electrons. The monoisotopic (exact) mass is 342 g/mol. The maximum Gasteiger partial charge on any atom is 0.283 e. The fourth-order valence-corrected chi connectivity index (χ4v) is 3.23. The van der Waals surface area contributed by atoms with Crippen LogP contribution >= 0.6 is 15.9 Å². The zero-order valence-electron chi connectivity index (χ0n) is 12.4. The quantitative estimate of drug-likeness (QED) is 0.909. The Morgan fingerprint density at radius 3 is 2.65 bits per heavy atom. The number of aryl methyl sites for hydroxylation is 1. The third-order valence-electron chi connectivity index (χ3n) is 3.59. The predicted octanol–water partition coefficient (Wildman–Crippen LogP) is 1.99. The molecule has 0 bridgehead atoms. The van der Waals surface area contributed by atoms with Gasteiger partial charge >= 0.3 is 0 Å². The van der Waals surface area contributed by atoms with Gasteiger partial charge in [-0.15, -0.1) is 0 Å². The van der Waals surface area contributed by atoms with Crippen LogP contribution in [0, 0.1) is 0 Å². The fourth-order valence-electron chi connectivity index (χ4n) is 2.67. The number of aromatic nitrogens is 2. The molecule has 1 N–H and O–H groups in total. The van der Waals surface area contributed by atoms with Crippen LogP contribution in [0.2, 0.25) is 0 Å². The van der Waals surface area contributed by atoms with Gasteiger partial charge in [-0.25, -0.2) is 4.68 Å². The van der Waals surface area contributed by atoms with E-state index in [-0.39, 0.29) is 5.56 Å². The lowest BCUT2D eigenvalue weighted by Crippen LogP contribution is -2.54. The van der Waals surface area contributed by atoms with Crippen molar-refractivity contribution in [2.75, 3.05) is 18.0 Å². The Hall–Kier alpha value is -0.880. The first kappa shape index (κ1) is 15.5. The van der Waals surface area contributed by atoms with E-state index in [0.717, 1.165) is 31.6 Å². The predicted molar refractivity (Wildman–Crippen MR) is 85.4 cm³/mol. The molecule has 20 heavy (non-hydrogen) atoms. The van der Waals surface area contributed by atoms with Crippen LogP contribution in [0.1, 0.15) is 33.6 Å². The molecule has 0 spiro atoms. The Bertz CT molecular complexity index is 506. The minimum absolute atomic E-state index is 0.0326. The third-order valence-corrected chi connectivity index (χ3v) is 4.33. The van der Waals surface area contributed by atoms with Crippen molar-refractivity contribution in [2.45, 2.75) is 52.2 Å². The van der Waals surface area contributed by atoms with Gasteiger partial charge in [-0.1, -0.05) is 13.3 Å². The number of halogens is 1. The lowest BCUT2D eigenvalue weighted by Gasteiger charge is -2.37. The van der Waals surface area contributed by atoms with Gasteiger partial charge in [-0.3, -0.25) is 4.79 Å². The van der Waals surface area contributed by atoms with Crippen molar-refractivity contribution < 1.29 is 0 Å². The molecule has 1 aromatic rings. The Labute approximate surface area is 128 Å². The van der Waals surface area contributed by atoms with Crippen LogP contribution in [-0.4, -0.2) is 35.0 Å². The Morgan fingerprint density at radius 1 is 1.40 bits per heavy atom. The summed E-state index contributed by atoms with van der Waals surface area (Å²) < 4.78 is 2.18. The number of piperazine rings is 1. The van der Waals surface area contributed by atoms with Gasteiger partial charge in [-0.05, 0) is 36.2 Å². The van der Waals surface area contributed by atoms with Crippen LogP contribution in [0.5, 0.6) is 0 Å². The molecule has 1 aliphatic heterocycles. The van der Waals surface area contributed by atoms with Crippen LogP contribution in [0.3, 0.4) is 0 Å². The number of nitrogens with one attached hydrogen (secondary N) is 1. The normalized spacial score (nSPS) is 23.1. The van der Waals surface area contributed by atoms with Crippen molar-refractivity contribution in [3.63, 3.8) is 0 Å². The van der Waals surface area contributed by atoms with Crippen molar-refractivity contribution in [2.24, 2.45) is 0 Å². The van der Waals surface area contributed by atoms with Gasteiger partial charge in [0.2, 0.25) is 0 Å². The van der Waals surface area contributed by atoms with Crippen LogP contribution in [0.4, 0.5) is 5.69 Å². The van der Waals surface area contributed by atoms with Gasteiger partial charge in [0.05, 0.1) is 11.9 Å². The number of nitrogens with zero attached hydrogens (tertiary/aromatic N) is 3. The second-order valence-corrected chi connectivity index (χ2v) is 6.39. The first-order valence-corrected chi connectivity index (χ1v) is 8.08. The first-order valence-electron chi connectivity index (χ1n) is 7.29. The van der Waals surface area contributed by atoms with E-state index in [9.17, 15) is 4.79 Å². The third kappa shape index (κ3) is 3.41. The summed E-state index contributed by atoms with van der Waals surface area (Å²) in [6, 6.07) is 0.821. The van der Waals surface area contributed by atoms with Crippen molar-refractivity contribution >= 4 is 21.6 Å². The summed E-state index contributed by atoms with van der Waals surface area (Å²) in [6.07, 6.45) is 3.84. The summed E-state index contributed by atoms with van der Waals surface area (Å²) >= 11 is 3.46. The zero-order chi connectivity index (χ0) is 14.7. The van der Waals surface area contributed by atoms with Crippen LogP contribution in [0.15, 0.2) is 15.5 Å². The number of unbranched alkanes of at least 4 members (excludes halogenated alkanes) is 1. The molecule has 1 saturated heterocycles. The molecule has 2 heterocycles. The van der Waals surface area contributed by atoms with Gasteiger partial charge in [0.15, 0.2) is 0 Å². The van der Waals surface area contributed by atoms with Crippen molar-refractivity contribution in [1.29, 1.82) is 0 Å². The molecular weight excluding hydrogens is 320 g/mol. The Balaban J connectivity index is 2.24. The number of hydrogen-bond donors (Lipinski definition) is 1. The fraction of sp³-hybridized carbons (Fsp3) is 0.714. The number of anilines is 1. The molecule has 1 aliphatic rings. The lowest BCUT2D eigenvalue weighted by molar-refractivity contribution is 0.405. The van der Waals surface area contributed by atoms with Gasteiger partial charge in [-0.2, -0.15) is 5.10 Å². The van der Waals surface area contributed by atoms with Gasteiger partial charge in [0, 0.05) is 31.7 Å². The molecule has 6 heteroatoms. The smallest absolute Gasteiger partial charge is 0.283 e. The van der Waals surface area contributed by atoms with E-state index in [1.54, 1.807) is 4.68 Å². The molecule has 1 aromatic heterocycles. The van der Waals surface area contributed by atoms with E-state index in [1.165, 1.54) is 0 Å². The maximum atomic E-state index is 12.3. The number of rotatable bonds is 4. The molecule has 0 amide bonds. The SMILES string of the molecule is CCCCn1ncc(N2CC(C)NC(C)C2)c(Br)c1=O. The minimum atomic E-state index is -0.0326. The molecule has 2 atom stereocenters. The molecule has 0 saturated carbocycles. The molecule has 5 nitrogen and oxygen atoms in total. The molecule has 0 aromatic carbocycles. The van der Waals surface area contributed by atoms with Crippen molar-refractivity contribution in [3.05, 3.63) is 21.0 Å². The molecular formula is C14H23BrN4O. The summed E-state index contributed by atoms with van der Waals surface area (Å²) in [6.45, 7) is 8.89. The zero-order valence-corrected chi connectivity index (χ0v) is 14.0. The van der Waals surface area contributed by atoms with Gasteiger partial charge in [0.25, 0.3) is 5.56 Å². The van der Waals surface area contributed by atoms with E-state index in [2.05, 4.69) is 52.0 Å². The van der Waals surface area contributed by atoms with E-state index in [0.29, 0.717) is 23.1 Å². The molecule has 0 radical (unpaired) electrons. The van der Waals surface area contributed by atoms with Crippen LogP contribution < -0.4 is 15.8 Å². The standard InChI is InChI=1S/C14H23BrN4O/c1-4-5-6-19-14(20)13(15)12(7-16-19)18-8-10(2)17-11(3)9-18/h7,10-11,17H,4-6,8-9H2,1-3H3. The maximum absolute atomic E-state index is 12.3. The van der Waals surface area contributed by atoms with E-state index in [4.69, 9.17) is 0 Å².